The van der Waals surface area contributed by atoms with Crippen molar-refractivity contribution in [1.29, 1.82) is 0 Å². The topological polar surface area (TPSA) is 23.5 Å². The predicted molar refractivity (Wildman–Crippen MR) is 71.3 cm³/mol. The molecule has 0 bridgehead atoms. The number of hydrogen-bond donors (Lipinski definition) is 1. The summed E-state index contributed by atoms with van der Waals surface area (Å²) in [6, 6.07) is 4.02. The average Bonchev–Trinajstić information content (AvgIpc) is 2.26. The summed E-state index contributed by atoms with van der Waals surface area (Å²) in [5.41, 5.74) is 3.50. The molecule has 0 aliphatic carbocycles. The van der Waals surface area contributed by atoms with Crippen LogP contribution in [0, 0.1) is 19.8 Å². The Kier molecular flexibility index (Phi) is 3.72. The lowest BCUT2D eigenvalue weighted by atomic mass is 9.99. The zero-order valence-electron chi connectivity index (χ0n) is 11.2. The summed E-state index contributed by atoms with van der Waals surface area (Å²) in [4.78, 5) is 2.46. The molecule has 0 saturated carbocycles. The monoisotopic (exact) mass is 233 g/mol. The van der Waals surface area contributed by atoms with E-state index in [2.05, 4.69) is 24.8 Å². The molecule has 0 radical (unpaired) electrons. The molecule has 1 aliphatic rings. The van der Waals surface area contributed by atoms with E-state index in [1.807, 2.05) is 13.0 Å². The molecule has 1 aromatic rings. The van der Waals surface area contributed by atoms with Crippen LogP contribution in [0.1, 0.15) is 36.5 Å². The van der Waals surface area contributed by atoms with E-state index in [1.165, 1.54) is 24.0 Å². The average molecular weight is 233 g/mol. The van der Waals surface area contributed by atoms with Gasteiger partial charge in [-0.1, -0.05) is 13.0 Å². The molecule has 2 rings (SSSR count). The van der Waals surface area contributed by atoms with Gasteiger partial charge in [0, 0.05) is 18.7 Å². The Morgan fingerprint density at radius 1 is 1.29 bits per heavy atom. The normalized spacial score (nSPS) is 21.7. The smallest absolute Gasteiger partial charge is 0.120 e. The molecule has 1 aliphatic heterocycles. The van der Waals surface area contributed by atoms with Gasteiger partial charge in [0.25, 0.3) is 0 Å². The molecule has 0 amide bonds. The Morgan fingerprint density at radius 3 is 2.71 bits per heavy atom. The summed E-state index contributed by atoms with van der Waals surface area (Å²) in [7, 11) is 0. The summed E-state index contributed by atoms with van der Waals surface area (Å²) >= 11 is 0. The Hall–Kier alpha value is -1.02. The first-order chi connectivity index (χ1) is 8.06. The number of nitrogens with zero attached hydrogens (tertiary/aromatic N) is 1. The van der Waals surface area contributed by atoms with E-state index in [0.717, 1.165) is 31.1 Å². The van der Waals surface area contributed by atoms with Crippen molar-refractivity contribution >= 4 is 0 Å². The predicted octanol–water partition coefficient (Wildman–Crippen LogP) is 3.24. The highest BCUT2D eigenvalue weighted by molar-refractivity contribution is 5.40. The zero-order valence-corrected chi connectivity index (χ0v) is 11.2. The van der Waals surface area contributed by atoms with Crippen molar-refractivity contribution in [3.05, 3.63) is 28.8 Å². The molecule has 0 spiro atoms. The van der Waals surface area contributed by atoms with Gasteiger partial charge in [0.15, 0.2) is 0 Å². The molecule has 1 atom stereocenters. The van der Waals surface area contributed by atoms with Gasteiger partial charge in [0.2, 0.25) is 0 Å². The van der Waals surface area contributed by atoms with Crippen LogP contribution in [0.25, 0.3) is 0 Å². The quantitative estimate of drug-likeness (QED) is 0.847. The van der Waals surface area contributed by atoms with E-state index in [4.69, 9.17) is 0 Å². The van der Waals surface area contributed by atoms with Crippen molar-refractivity contribution in [3.63, 3.8) is 0 Å². The first-order valence-electron chi connectivity index (χ1n) is 6.57. The molecule has 1 fully saturated rings. The van der Waals surface area contributed by atoms with Crippen molar-refractivity contribution in [3.8, 4) is 5.75 Å². The van der Waals surface area contributed by atoms with Crippen molar-refractivity contribution in [2.24, 2.45) is 5.92 Å². The Labute approximate surface area is 104 Å². The minimum atomic E-state index is 0.450. The molecule has 2 nitrogen and oxygen atoms in total. The Morgan fingerprint density at radius 2 is 2.00 bits per heavy atom. The molecular formula is C15H23NO. The highest BCUT2D eigenvalue weighted by atomic mass is 16.3. The van der Waals surface area contributed by atoms with E-state index < -0.39 is 0 Å². The molecule has 2 heteroatoms. The molecule has 17 heavy (non-hydrogen) atoms. The number of benzene rings is 1. The van der Waals surface area contributed by atoms with Gasteiger partial charge in [-0.2, -0.15) is 0 Å². The molecule has 1 aromatic carbocycles. The lowest BCUT2D eigenvalue weighted by Crippen LogP contribution is -2.33. The van der Waals surface area contributed by atoms with Gasteiger partial charge in [-0.05, 0) is 56.3 Å². The Bertz CT molecular complexity index is 400. The van der Waals surface area contributed by atoms with E-state index in [9.17, 15) is 5.11 Å². The molecule has 0 aromatic heterocycles. The van der Waals surface area contributed by atoms with Crippen LogP contribution >= 0.6 is 0 Å². The number of rotatable bonds is 2. The summed E-state index contributed by atoms with van der Waals surface area (Å²) in [5, 5.41) is 9.99. The highest BCUT2D eigenvalue weighted by Gasteiger charge is 2.17. The van der Waals surface area contributed by atoms with Crippen molar-refractivity contribution in [2.75, 3.05) is 13.1 Å². The minimum absolute atomic E-state index is 0.450. The first kappa shape index (κ1) is 12.4. The largest absolute Gasteiger partial charge is 0.508 e. The fraction of sp³-hybridized carbons (Fsp3) is 0.600. The molecule has 1 saturated heterocycles. The maximum Gasteiger partial charge on any atom is 0.120 e. The number of likely N-dealkylation sites (tertiary alicyclic amines) is 1. The standard InChI is InChI=1S/C15H23NO/c1-11-5-4-6-16(9-11)10-14-7-12(2)13(3)8-15(14)17/h7-8,11,17H,4-6,9-10H2,1-3H3. The number of aryl methyl sites for hydroxylation is 2. The van der Waals surface area contributed by atoms with Gasteiger partial charge in [-0.3, -0.25) is 4.90 Å². The third-order valence-electron chi connectivity index (χ3n) is 3.83. The van der Waals surface area contributed by atoms with Gasteiger partial charge in [-0.25, -0.2) is 0 Å². The second-order valence-electron chi connectivity index (χ2n) is 5.55. The summed E-state index contributed by atoms with van der Waals surface area (Å²) in [5.74, 6) is 1.24. The molecule has 1 N–H and O–H groups in total. The molecule has 94 valence electrons. The van der Waals surface area contributed by atoms with Crippen molar-refractivity contribution < 1.29 is 5.11 Å². The van der Waals surface area contributed by atoms with Crippen LogP contribution in [-0.4, -0.2) is 23.1 Å². The fourth-order valence-corrected chi connectivity index (χ4v) is 2.66. The van der Waals surface area contributed by atoms with Crippen LogP contribution in [0.5, 0.6) is 5.75 Å². The van der Waals surface area contributed by atoms with E-state index >= 15 is 0 Å². The number of phenolic OH excluding ortho intramolecular Hbond substituents is 1. The van der Waals surface area contributed by atoms with Crippen LogP contribution in [0.3, 0.4) is 0 Å². The number of phenols is 1. The van der Waals surface area contributed by atoms with Crippen molar-refractivity contribution in [1.82, 2.24) is 4.90 Å². The lowest BCUT2D eigenvalue weighted by molar-refractivity contribution is 0.175. The van der Waals surface area contributed by atoms with Gasteiger partial charge in [0.1, 0.15) is 5.75 Å². The van der Waals surface area contributed by atoms with Gasteiger partial charge >= 0.3 is 0 Å². The zero-order chi connectivity index (χ0) is 12.4. The van der Waals surface area contributed by atoms with E-state index in [0.29, 0.717) is 5.75 Å². The van der Waals surface area contributed by atoms with E-state index in [1.54, 1.807) is 0 Å². The number of aromatic hydroxyl groups is 1. The van der Waals surface area contributed by atoms with E-state index in [-0.39, 0.29) is 0 Å². The fourth-order valence-electron chi connectivity index (χ4n) is 2.66. The first-order valence-corrected chi connectivity index (χ1v) is 6.57. The summed E-state index contributed by atoms with van der Waals surface area (Å²) in [6.45, 7) is 9.67. The van der Waals surface area contributed by atoms with Crippen LogP contribution in [0.15, 0.2) is 12.1 Å². The third-order valence-corrected chi connectivity index (χ3v) is 3.83. The minimum Gasteiger partial charge on any atom is -0.508 e. The van der Waals surface area contributed by atoms with Gasteiger partial charge in [-0.15, -0.1) is 0 Å². The molecule has 1 heterocycles. The van der Waals surface area contributed by atoms with Crippen LogP contribution < -0.4 is 0 Å². The Balaban J connectivity index is 2.10. The maximum atomic E-state index is 9.99. The number of hydrogen-bond acceptors (Lipinski definition) is 2. The second kappa shape index (κ2) is 5.09. The summed E-state index contributed by atoms with van der Waals surface area (Å²) < 4.78 is 0. The van der Waals surface area contributed by atoms with Gasteiger partial charge < -0.3 is 5.11 Å². The number of piperidine rings is 1. The lowest BCUT2D eigenvalue weighted by Gasteiger charge is -2.31. The van der Waals surface area contributed by atoms with Crippen LogP contribution in [0.2, 0.25) is 0 Å². The second-order valence-corrected chi connectivity index (χ2v) is 5.55. The SMILES string of the molecule is Cc1cc(O)c(CN2CCCC(C)C2)cc1C. The summed E-state index contributed by atoms with van der Waals surface area (Å²) in [6.07, 6.45) is 2.63. The van der Waals surface area contributed by atoms with Crippen molar-refractivity contribution in [2.45, 2.75) is 40.2 Å². The van der Waals surface area contributed by atoms with Crippen LogP contribution in [0.4, 0.5) is 0 Å². The molecule has 1 unspecified atom stereocenters. The van der Waals surface area contributed by atoms with Gasteiger partial charge in [0.05, 0.1) is 0 Å². The highest BCUT2D eigenvalue weighted by Crippen LogP contribution is 2.25. The maximum absolute atomic E-state index is 9.99. The third kappa shape index (κ3) is 3.01. The van der Waals surface area contributed by atoms with Crippen LogP contribution in [-0.2, 0) is 6.54 Å². The molecular weight excluding hydrogens is 210 g/mol.